The van der Waals surface area contributed by atoms with Crippen molar-refractivity contribution in [2.24, 2.45) is 0 Å². The Hall–Kier alpha value is -3.27. The van der Waals surface area contributed by atoms with E-state index < -0.39 is 5.41 Å². The molecular formula is C25H25NO3. The Balaban J connectivity index is 1.61. The van der Waals surface area contributed by atoms with Gasteiger partial charge in [0, 0.05) is 12.1 Å². The number of anilines is 1. The molecule has 0 aliphatic carbocycles. The monoisotopic (exact) mass is 387 g/mol. The highest BCUT2D eigenvalue weighted by Gasteiger charge is 2.39. The number of carbonyl (C=O) groups is 1. The molecule has 0 aromatic heterocycles. The number of ether oxygens (including phenoxy) is 2. The van der Waals surface area contributed by atoms with Gasteiger partial charge in [-0.1, -0.05) is 60.2 Å². The molecule has 4 heteroatoms. The van der Waals surface area contributed by atoms with Gasteiger partial charge in [-0.2, -0.15) is 0 Å². The molecule has 0 bridgehead atoms. The van der Waals surface area contributed by atoms with Crippen molar-refractivity contribution in [1.82, 2.24) is 0 Å². The molecule has 3 aromatic carbocycles. The molecule has 0 fully saturated rings. The first-order valence-corrected chi connectivity index (χ1v) is 9.87. The van der Waals surface area contributed by atoms with E-state index in [1.54, 1.807) is 0 Å². The minimum absolute atomic E-state index is 0.0602. The Kier molecular flexibility index (Phi) is 5.26. The van der Waals surface area contributed by atoms with Crippen LogP contribution in [0.5, 0.6) is 11.5 Å². The zero-order valence-corrected chi connectivity index (χ0v) is 16.7. The third-order valence-electron chi connectivity index (χ3n) is 5.42. The van der Waals surface area contributed by atoms with Crippen LogP contribution in [-0.4, -0.2) is 18.6 Å². The maximum atomic E-state index is 13.4. The van der Waals surface area contributed by atoms with Crippen LogP contribution in [0.25, 0.3) is 0 Å². The first-order valence-electron chi connectivity index (χ1n) is 9.87. The summed E-state index contributed by atoms with van der Waals surface area (Å²) in [6.07, 6.45) is 0.279. The second-order valence-corrected chi connectivity index (χ2v) is 7.72. The van der Waals surface area contributed by atoms with Gasteiger partial charge < -0.3 is 14.8 Å². The number of benzene rings is 3. The van der Waals surface area contributed by atoms with Crippen LogP contribution in [0.3, 0.4) is 0 Å². The van der Waals surface area contributed by atoms with Crippen LogP contribution in [0.4, 0.5) is 5.69 Å². The quantitative estimate of drug-likeness (QED) is 0.661. The summed E-state index contributed by atoms with van der Waals surface area (Å²) in [6, 6.07) is 25.3. The van der Waals surface area contributed by atoms with Crippen molar-refractivity contribution in [3.05, 3.63) is 90.0 Å². The molecule has 1 N–H and O–H groups in total. The predicted molar refractivity (Wildman–Crippen MR) is 115 cm³/mol. The summed E-state index contributed by atoms with van der Waals surface area (Å²) in [5.74, 6) is 1.41. The summed E-state index contributed by atoms with van der Waals surface area (Å²) >= 11 is 0. The van der Waals surface area contributed by atoms with Crippen molar-refractivity contribution in [2.45, 2.75) is 31.8 Å². The highest BCUT2D eigenvalue weighted by molar-refractivity contribution is 5.99. The van der Waals surface area contributed by atoms with E-state index in [0.717, 1.165) is 28.3 Å². The number of aryl methyl sites for hydroxylation is 1. The number of hydrogen-bond acceptors (Lipinski definition) is 3. The van der Waals surface area contributed by atoms with Crippen molar-refractivity contribution in [3.8, 4) is 11.5 Å². The molecule has 0 saturated heterocycles. The molecule has 1 heterocycles. The van der Waals surface area contributed by atoms with Crippen LogP contribution in [0.1, 0.15) is 24.5 Å². The fourth-order valence-electron chi connectivity index (χ4n) is 3.67. The first-order chi connectivity index (χ1) is 14.0. The lowest BCUT2D eigenvalue weighted by Crippen LogP contribution is -2.44. The Bertz CT molecular complexity index is 984. The number of fused-ring (bicyclic) bond motifs is 1. The summed E-state index contributed by atoms with van der Waals surface area (Å²) in [5, 5.41) is 3.07. The van der Waals surface area contributed by atoms with Crippen LogP contribution in [0.2, 0.25) is 0 Å². The molecule has 1 amide bonds. The molecule has 2 atom stereocenters. The Morgan fingerprint density at radius 3 is 2.34 bits per heavy atom. The van der Waals surface area contributed by atoms with Crippen LogP contribution in [0.15, 0.2) is 78.9 Å². The van der Waals surface area contributed by atoms with Crippen molar-refractivity contribution < 1.29 is 14.3 Å². The lowest BCUT2D eigenvalue weighted by atomic mass is 9.76. The largest absolute Gasteiger partial charge is 0.486 e. The van der Waals surface area contributed by atoms with Crippen molar-refractivity contribution in [2.75, 3.05) is 11.9 Å². The Labute approximate surface area is 171 Å². The topological polar surface area (TPSA) is 47.6 Å². The summed E-state index contributed by atoms with van der Waals surface area (Å²) in [7, 11) is 0. The number of hydrogen-bond donors (Lipinski definition) is 1. The van der Waals surface area contributed by atoms with Crippen LogP contribution in [-0.2, 0) is 10.2 Å². The molecule has 148 valence electrons. The van der Waals surface area contributed by atoms with Crippen LogP contribution in [0, 0.1) is 6.92 Å². The zero-order valence-electron chi connectivity index (χ0n) is 16.7. The molecular weight excluding hydrogens is 362 g/mol. The highest BCUT2D eigenvalue weighted by atomic mass is 16.6. The highest BCUT2D eigenvalue weighted by Crippen LogP contribution is 2.37. The fourth-order valence-corrected chi connectivity index (χ4v) is 3.67. The second-order valence-electron chi connectivity index (χ2n) is 7.72. The summed E-state index contributed by atoms with van der Waals surface area (Å²) in [5.41, 5.74) is 2.12. The normalized spacial score (nSPS) is 17.2. The van der Waals surface area contributed by atoms with Crippen LogP contribution >= 0.6 is 0 Å². The van der Waals surface area contributed by atoms with Crippen LogP contribution < -0.4 is 14.8 Å². The van der Waals surface area contributed by atoms with Gasteiger partial charge >= 0.3 is 0 Å². The van der Waals surface area contributed by atoms with E-state index >= 15 is 0 Å². The van der Waals surface area contributed by atoms with Gasteiger partial charge in [-0.25, -0.2) is 0 Å². The van der Waals surface area contributed by atoms with Gasteiger partial charge in [0.15, 0.2) is 11.5 Å². The van der Waals surface area contributed by atoms with Gasteiger partial charge in [0.1, 0.15) is 12.7 Å². The standard InChI is InChI=1S/C25H25NO3/c1-18-12-14-19(15-13-18)25(2,24(27)26-20-8-4-3-5-9-20)16-21-17-28-22-10-6-7-11-23(22)29-21/h3-15,21H,16-17H2,1-2H3,(H,26,27). The summed E-state index contributed by atoms with van der Waals surface area (Å²) in [4.78, 5) is 13.4. The molecule has 4 nitrogen and oxygen atoms in total. The smallest absolute Gasteiger partial charge is 0.234 e. The van der Waals surface area contributed by atoms with E-state index in [0.29, 0.717) is 13.0 Å². The van der Waals surface area contributed by atoms with Gasteiger partial charge in [0.2, 0.25) is 5.91 Å². The van der Waals surface area contributed by atoms with E-state index in [4.69, 9.17) is 9.47 Å². The van der Waals surface area contributed by atoms with Gasteiger partial charge in [0.05, 0.1) is 5.41 Å². The van der Waals surface area contributed by atoms with E-state index in [1.807, 2.05) is 92.7 Å². The van der Waals surface area contributed by atoms with Gasteiger partial charge in [-0.15, -0.1) is 0 Å². The van der Waals surface area contributed by atoms with E-state index in [1.165, 1.54) is 0 Å². The SMILES string of the molecule is Cc1ccc(C(C)(CC2COc3ccccc3O2)C(=O)Nc2ccccc2)cc1. The third kappa shape index (κ3) is 4.11. The number of rotatable bonds is 5. The molecule has 2 unspecified atom stereocenters. The average Bonchev–Trinajstić information content (AvgIpc) is 2.74. The lowest BCUT2D eigenvalue weighted by Gasteiger charge is -2.35. The maximum absolute atomic E-state index is 13.4. The predicted octanol–water partition coefficient (Wildman–Crippen LogP) is 5.12. The van der Waals surface area contributed by atoms with E-state index in [2.05, 4.69) is 5.32 Å². The number of amides is 1. The molecule has 0 spiro atoms. The summed E-state index contributed by atoms with van der Waals surface area (Å²) in [6.45, 7) is 4.43. The molecule has 3 aromatic rings. The molecule has 0 radical (unpaired) electrons. The molecule has 29 heavy (non-hydrogen) atoms. The molecule has 0 saturated carbocycles. The first kappa shape index (κ1) is 19.1. The molecule has 1 aliphatic rings. The lowest BCUT2D eigenvalue weighted by molar-refractivity contribution is -0.122. The second kappa shape index (κ2) is 8.00. The van der Waals surface area contributed by atoms with Crippen molar-refractivity contribution in [3.63, 3.8) is 0 Å². The van der Waals surface area contributed by atoms with Crippen molar-refractivity contribution in [1.29, 1.82) is 0 Å². The number of carbonyl (C=O) groups excluding carboxylic acids is 1. The minimum atomic E-state index is -0.774. The fraction of sp³-hybridized carbons (Fsp3) is 0.240. The van der Waals surface area contributed by atoms with E-state index in [9.17, 15) is 4.79 Å². The summed E-state index contributed by atoms with van der Waals surface area (Å²) < 4.78 is 12.0. The third-order valence-corrected chi connectivity index (χ3v) is 5.42. The average molecular weight is 387 g/mol. The minimum Gasteiger partial charge on any atom is -0.486 e. The zero-order chi connectivity index (χ0) is 20.3. The van der Waals surface area contributed by atoms with Gasteiger partial charge in [-0.05, 0) is 43.7 Å². The maximum Gasteiger partial charge on any atom is 0.234 e. The number of para-hydroxylation sites is 3. The van der Waals surface area contributed by atoms with Crippen molar-refractivity contribution >= 4 is 11.6 Å². The van der Waals surface area contributed by atoms with Gasteiger partial charge in [0.25, 0.3) is 0 Å². The number of nitrogens with one attached hydrogen (secondary N) is 1. The van der Waals surface area contributed by atoms with E-state index in [-0.39, 0.29) is 12.0 Å². The molecule has 4 rings (SSSR count). The Morgan fingerprint density at radius 2 is 1.62 bits per heavy atom. The molecule has 1 aliphatic heterocycles. The van der Waals surface area contributed by atoms with Gasteiger partial charge in [-0.3, -0.25) is 4.79 Å². The Morgan fingerprint density at radius 1 is 0.966 bits per heavy atom.